The minimum atomic E-state index is -1.14. The number of fused-ring (bicyclic) bond motifs is 2. The molecular weight excluding hydrogens is 227 g/mol. The first-order valence-corrected chi connectivity index (χ1v) is 6.04. The molecule has 0 saturated heterocycles. The van der Waals surface area contributed by atoms with Gasteiger partial charge < -0.3 is 5.32 Å². The Labute approximate surface area is 98.0 Å². The molecule has 2 fully saturated rings. The molecule has 2 saturated carbocycles. The van der Waals surface area contributed by atoms with E-state index in [1.165, 1.54) is 12.8 Å². The van der Waals surface area contributed by atoms with Gasteiger partial charge >= 0.3 is 0 Å². The summed E-state index contributed by atoms with van der Waals surface area (Å²) in [5.41, 5.74) is 0.0847. The number of benzene rings is 1. The summed E-state index contributed by atoms with van der Waals surface area (Å²) >= 11 is 0. The lowest BCUT2D eigenvalue weighted by atomic mass is 9.95. The van der Waals surface area contributed by atoms with Crippen LogP contribution >= 0.6 is 0 Å². The van der Waals surface area contributed by atoms with E-state index in [4.69, 9.17) is 0 Å². The fourth-order valence-corrected chi connectivity index (χ4v) is 3.25. The maximum Gasteiger partial charge on any atom is 0.161 e. The summed E-state index contributed by atoms with van der Waals surface area (Å²) in [5.74, 6) is -1.57. The number of nitrogens with one attached hydrogen (secondary N) is 1. The van der Waals surface area contributed by atoms with Gasteiger partial charge in [-0.25, -0.2) is 13.2 Å². The molecule has 0 spiro atoms. The second-order valence-electron chi connectivity index (χ2n) is 5.17. The van der Waals surface area contributed by atoms with Crippen molar-refractivity contribution in [1.29, 1.82) is 0 Å². The largest absolute Gasteiger partial charge is 0.380 e. The molecule has 2 bridgehead atoms. The van der Waals surface area contributed by atoms with Gasteiger partial charge in [0.15, 0.2) is 11.6 Å². The maximum atomic E-state index is 13.5. The number of hydrogen-bond acceptors (Lipinski definition) is 1. The summed E-state index contributed by atoms with van der Waals surface area (Å²) in [6.07, 6.45) is 4.61. The molecular formula is C13H14F3N. The second-order valence-corrected chi connectivity index (χ2v) is 5.17. The molecule has 0 amide bonds. The van der Waals surface area contributed by atoms with E-state index in [9.17, 15) is 13.2 Å². The topological polar surface area (TPSA) is 12.0 Å². The third-order valence-electron chi connectivity index (χ3n) is 4.09. The van der Waals surface area contributed by atoms with Crippen molar-refractivity contribution < 1.29 is 13.2 Å². The Bertz CT molecular complexity index is 447. The van der Waals surface area contributed by atoms with E-state index in [0.29, 0.717) is 12.0 Å². The van der Waals surface area contributed by atoms with Crippen molar-refractivity contribution in [3.63, 3.8) is 0 Å². The van der Waals surface area contributed by atoms with Crippen molar-refractivity contribution in [2.24, 2.45) is 11.8 Å². The van der Waals surface area contributed by atoms with Gasteiger partial charge in [-0.1, -0.05) is 6.42 Å². The quantitative estimate of drug-likeness (QED) is 0.778. The van der Waals surface area contributed by atoms with Crippen molar-refractivity contribution in [3.8, 4) is 0 Å². The third-order valence-corrected chi connectivity index (χ3v) is 4.09. The summed E-state index contributed by atoms with van der Waals surface area (Å²) < 4.78 is 39.3. The van der Waals surface area contributed by atoms with Crippen LogP contribution in [0.4, 0.5) is 18.9 Å². The standard InChI is InChI=1S/C13H14F3N/c14-9-5-11(16)13(6-10(9)15)17-12-4-7-1-2-8(12)3-7/h5-8,12,17H,1-4H2. The molecule has 2 aliphatic carbocycles. The zero-order valence-corrected chi connectivity index (χ0v) is 9.35. The van der Waals surface area contributed by atoms with Gasteiger partial charge in [0.25, 0.3) is 0 Å². The number of rotatable bonds is 2. The second kappa shape index (κ2) is 3.93. The predicted octanol–water partition coefficient (Wildman–Crippen LogP) is 3.70. The Balaban J connectivity index is 1.79. The van der Waals surface area contributed by atoms with Crippen molar-refractivity contribution in [2.75, 3.05) is 5.32 Å². The molecule has 3 rings (SSSR count). The van der Waals surface area contributed by atoms with Crippen LogP contribution in [0.2, 0.25) is 0 Å². The van der Waals surface area contributed by atoms with Crippen molar-refractivity contribution in [3.05, 3.63) is 29.6 Å². The fraction of sp³-hybridized carbons (Fsp3) is 0.538. The van der Waals surface area contributed by atoms with Gasteiger partial charge in [-0.05, 0) is 31.1 Å². The average Bonchev–Trinajstić information content (AvgIpc) is 2.87. The van der Waals surface area contributed by atoms with E-state index in [-0.39, 0.29) is 11.7 Å². The van der Waals surface area contributed by atoms with Crippen molar-refractivity contribution in [2.45, 2.75) is 31.7 Å². The molecule has 1 aromatic rings. The Morgan fingerprint density at radius 2 is 1.71 bits per heavy atom. The van der Waals surface area contributed by atoms with Crippen LogP contribution in [0, 0.1) is 29.3 Å². The van der Waals surface area contributed by atoms with Gasteiger partial charge in [0.2, 0.25) is 0 Å². The van der Waals surface area contributed by atoms with E-state index < -0.39 is 17.5 Å². The lowest BCUT2D eigenvalue weighted by Gasteiger charge is -2.24. The summed E-state index contributed by atoms with van der Waals surface area (Å²) in [7, 11) is 0. The van der Waals surface area contributed by atoms with Gasteiger partial charge in [-0.3, -0.25) is 0 Å². The molecule has 2 aliphatic rings. The molecule has 3 unspecified atom stereocenters. The fourth-order valence-electron chi connectivity index (χ4n) is 3.25. The van der Waals surface area contributed by atoms with E-state index in [1.54, 1.807) is 0 Å². The number of hydrogen-bond donors (Lipinski definition) is 1. The van der Waals surface area contributed by atoms with Crippen LogP contribution in [-0.2, 0) is 0 Å². The highest BCUT2D eigenvalue weighted by Crippen LogP contribution is 2.45. The number of halogens is 3. The minimum absolute atomic E-state index is 0.0847. The van der Waals surface area contributed by atoms with Gasteiger partial charge in [0.05, 0.1) is 5.69 Å². The van der Waals surface area contributed by atoms with E-state index in [1.807, 2.05) is 0 Å². The Kier molecular flexibility index (Phi) is 2.53. The first-order valence-electron chi connectivity index (χ1n) is 6.04. The lowest BCUT2D eigenvalue weighted by Crippen LogP contribution is -2.26. The SMILES string of the molecule is Fc1cc(F)c(NC2CC3CCC2C3)cc1F. The summed E-state index contributed by atoms with van der Waals surface area (Å²) in [5, 5.41) is 3.03. The molecule has 4 heteroatoms. The van der Waals surface area contributed by atoms with Gasteiger partial charge in [-0.15, -0.1) is 0 Å². The molecule has 0 radical (unpaired) electrons. The Morgan fingerprint density at radius 3 is 2.35 bits per heavy atom. The Hall–Kier alpha value is -1.19. The molecule has 3 atom stereocenters. The predicted molar refractivity (Wildman–Crippen MR) is 59.2 cm³/mol. The van der Waals surface area contributed by atoms with Crippen molar-refractivity contribution >= 4 is 5.69 Å². The smallest absolute Gasteiger partial charge is 0.161 e. The highest BCUT2D eigenvalue weighted by atomic mass is 19.2. The van der Waals surface area contributed by atoms with Crippen LogP contribution in [0.3, 0.4) is 0 Å². The molecule has 0 heterocycles. The maximum absolute atomic E-state index is 13.5. The van der Waals surface area contributed by atoms with Crippen LogP contribution in [0.25, 0.3) is 0 Å². The normalized spacial score (nSPS) is 30.9. The molecule has 1 nitrogen and oxygen atoms in total. The van der Waals surface area contributed by atoms with Gasteiger partial charge in [0, 0.05) is 18.2 Å². The zero-order chi connectivity index (χ0) is 12.0. The Morgan fingerprint density at radius 1 is 0.941 bits per heavy atom. The highest BCUT2D eigenvalue weighted by Gasteiger charge is 2.39. The zero-order valence-electron chi connectivity index (χ0n) is 9.35. The minimum Gasteiger partial charge on any atom is -0.380 e. The summed E-state index contributed by atoms with van der Waals surface area (Å²) in [4.78, 5) is 0. The molecule has 1 aromatic carbocycles. The van der Waals surface area contributed by atoms with Gasteiger partial charge in [-0.2, -0.15) is 0 Å². The molecule has 1 N–H and O–H groups in total. The average molecular weight is 241 g/mol. The van der Waals surface area contributed by atoms with Crippen LogP contribution in [0.15, 0.2) is 12.1 Å². The lowest BCUT2D eigenvalue weighted by molar-refractivity contribution is 0.436. The van der Waals surface area contributed by atoms with Crippen LogP contribution < -0.4 is 5.32 Å². The van der Waals surface area contributed by atoms with Gasteiger partial charge in [0.1, 0.15) is 5.82 Å². The summed E-state index contributed by atoms with van der Waals surface area (Å²) in [6, 6.07) is 1.73. The first-order chi connectivity index (χ1) is 8.13. The van der Waals surface area contributed by atoms with E-state index >= 15 is 0 Å². The monoisotopic (exact) mass is 241 g/mol. The molecule has 17 heavy (non-hydrogen) atoms. The number of anilines is 1. The van der Waals surface area contributed by atoms with Crippen LogP contribution in [0.5, 0.6) is 0 Å². The third kappa shape index (κ3) is 1.90. The highest BCUT2D eigenvalue weighted by molar-refractivity contribution is 5.46. The molecule has 92 valence electrons. The van der Waals surface area contributed by atoms with Crippen molar-refractivity contribution in [1.82, 2.24) is 0 Å². The van der Waals surface area contributed by atoms with Crippen LogP contribution in [-0.4, -0.2) is 6.04 Å². The van der Waals surface area contributed by atoms with E-state index in [2.05, 4.69) is 5.32 Å². The first kappa shape index (κ1) is 10.9. The summed E-state index contributed by atoms with van der Waals surface area (Å²) in [6.45, 7) is 0. The molecule has 0 aliphatic heterocycles. The molecule has 0 aromatic heterocycles. The van der Waals surface area contributed by atoms with Crippen LogP contribution in [0.1, 0.15) is 25.7 Å². The van der Waals surface area contributed by atoms with E-state index in [0.717, 1.165) is 24.8 Å².